The van der Waals surface area contributed by atoms with Crippen molar-refractivity contribution in [2.75, 3.05) is 100 Å². The van der Waals surface area contributed by atoms with Crippen molar-refractivity contribution in [2.45, 2.75) is 45.1 Å². The Balaban J connectivity index is 1.47. The zero-order chi connectivity index (χ0) is 35.3. The number of aryl methyl sites for hydroxylation is 1. The molecule has 0 spiro atoms. The largest absolute Gasteiger partial charge is 0.385 e. The Kier molecular flexibility index (Phi) is 19.5. The minimum Gasteiger partial charge on any atom is -0.385 e. The van der Waals surface area contributed by atoms with E-state index in [-0.39, 0.29) is 11.9 Å². The molecule has 1 amide bonds. The molecular weight excluding hydrogens is 670 g/mol. The van der Waals surface area contributed by atoms with Crippen LogP contribution in [0.15, 0.2) is 46.8 Å². The van der Waals surface area contributed by atoms with Crippen molar-refractivity contribution >= 4 is 33.4 Å². The lowest BCUT2D eigenvalue weighted by Crippen LogP contribution is -2.36. The molecule has 2 atom stereocenters. The standard InChI is InChI=1S/C35H56ClN5O7S/c1-5-6-7-8-29-9-12-31(27-34(29)36)39-49(43,41-18-15-32(28-41)40(3)4)48-33-13-10-30(11-14-33)35(42)38-17-20-45-22-24-47-26-25-46-23-21-44-19-16-37-2/h9-14,27,32,37H,5-8,15-26,28H2,1-4H3,(H,38,42)/t32-,49?/m0/s1. The number of carbonyl (C=O) groups is 1. The summed E-state index contributed by atoms with van der Waals surface area (Å²) >= 11 is 6.60. The number of benzene rings is 2. The minimum absolute atomic E-state index is 0.232. The number of halogens is 1. The molecule has 1 fully saturated rings. The van der Waals surface area contributed by atoms with Gasteiger partial charge in [-0.3, -0.25) is 4.79 Å². The zero-order valence-corrected chi connectivity index (χ0v) is 31.2. The van der Waals surface area contributed by atoms with Gasteiger partial charge in [0.1, 0.15) is 5.75 Å². The number of rotatable bonds is 25. The van der Waals surface area contributed by atoms with E-state index in [9.17, 15) is 9.00 Å². The van der Waals surface area contributed by atoms with Crippen LogP contribution >= 0.6 is 11.6 Å². The predicted octanol–water partition coefficient (Wildman–Crippen LogP) is 4.73. The number of ether oxygens (including phenoxy) is 4. The van der Waals surface area contributed by atoms with Crippen molar-refractivity contribution in [3.63, 3.8) is 0 Å². The van der Waals surface area contributed by atoms with Crippen LogP contribution in [0.5, 0.6) is 5.75 Å². The number of carbonyl (C=O) groups excluding carboxylic acids is 1. The highest BCUT2D eigenvalue weighted by molar-refractivity contribution is 7.87. The maximum absolute atomic E-state index is 14.4. The Morgan fingerprint density at radius 3 is 2.14 bits per heavy atom. The van der Waals surface area contributed by atoms with Crippen molar-refractivity contribution < 1.29 is 32.1 Å². The summed E-state index contributed by atoms with van der Waals surface area (Å²) in [7, 11) is 2.58. The normalized spacial score (nSPS) is 16.2. The third kappa shape index (κ3) is 15.2. The third-order valence-corrected chi connectivity index (χ3v) is 10.1. The summed E-state index contributed by atoms with van der Waals surface area (Å²) in [4.78, 5) is 14.8. The lowest BCUT2D eigenvalue weighted by atomic mass is 10.1. The predicted molar refractivity (Wildman–Crippen MR) is 195 cm³/mol. The van der Waals surface area contributed by atoms with E-state index in [2.05, 4.69) is 26.8 Å². The highest BCUT2D eigenvalue weighted by Gasteiger charge is 2.33. The van der Waals surface area contributed by atoms with E-state index >= 15 is 0 Å². The summed E-state index contributed by atoms with van der Waals surface area (Å²) in [5.41, 5.74) is 2.00. The second-order valence-corrected chi connectivity index (χ2v) is 14.2. The van der Waals surface area contributed by atoms with Crippen LogP contribution in [0, 0.1) is 0 Å². The van der Waals surface area contributed by atoms with Crippen molar-refractivity contribution in [1.82, 2.24) is 19.8 Å². The van der Waals surface area contributed by atoms with Crippen molar-refractivity contribution in [2.24, 2.45) is 4.36 Å². The molecule has 12 nitrogen and oxygen atoms in total. The van der Waals surface area contributed by atoms with Gasteiger partial charge in [-0.1, -0.05) is 37.4 Å². The van der Waals surface area contributed by atoms with Gasteiger partial charge in [-0.15, -0.1) is 0 Å². The highest BCUT2D eigenvalue weighted by Crippen LogP contribution is 2.29. The van der Waals surface area contributed by atoms with Crippen molar-refractivity contribution in [1.29, 1.82) is 0 Å². The molecule has 0 aromatic heterocycles. The average Bonchev–Trinajstić information content (AvgIpc) is 3.60. The molecule has 3 rings (SSSR count). The Bertz CT molecular complexity index is 1360. The van der Waals surface area contributed by atoms with E-state index in [0.29, 0.717) is 94.5 Å². The van der Waals surface area contributed by atoms with Gasteiger partial charge >= 0.3 is 0 Å². The molecule has 2 aromatic rings. The summed E-state index contributed by atoms with van der Waals surface area (Å²) in [5.74, 6) is 0.110. The molecule has 1 saturated heterocycles. The van der Waals surface area contributed by atoms with E-state index in [1.54, 1.807) is 34.6 Å². The molecule has 276 valence electrons. The fourth-order valence-electron chi connectivity index (χ4n) is 5.03. The fourth-order valence-corrected chi connectivity index (χ4v) is 6.99. The second-order valence-electron chi connectivity index (χ2n) is 12.0. The molecule has 0 saturated carbocycles. The molecule has 0 radical (unpaired) electrons. The number of unbranched alkanes of at least 4 members (excludes halogenated alkanes) is 2. The number of nitrogens with zero attached hydrogens (tertiary/aromatic N) is 3. The molecule has 2 aromatic carbocycles. The van der Waals surface area contributed by atoms with Gasteiger partial charge in [0.05, 0.1) is 58.5 Å². The summed E-state index contributed by atoms with van der Waals surface area (Å²) in [5, 5.41) is 6.47. The van der Waals surface area contributed by atoms with Gasteiger partial charge in [-0.05, 0) is 82.4 Å². The van der Waals surface area contributed by atoms with Crippen LogP contribution in [-0.2, 0) is 35.6 Å². The van der Waals surface area contributed by atoms with Crippen LogP contribution in [-0.4, -0.2) is 126 Å². The first-order valence-electron chi connectivity index (χ1n) is 17.3. The van der Waals surface area contributed by atoms with Crippen LogP contribution in [0.4, 0.5) is 5.69 Å². The Morgan fingerprint density at radius 1 is 0.939 bits per heavy atom. The molecule has 1 aliphatic rings. The highest BCUT2D eigenvalue weighted by atomic mass is 35.5. The molecule has 1 aliphatic heterocycles. The van der Waals surface area contributed by atoms with Crippen molar-refractivity contribution in [3.8, 4) is 5.75 Å². The Hall–Kier alpha value is -2.33. The van der Waals surface area contributed by atoms with Crippen molar-refractivity contribution in [3.05, 3.63) is 58.6 Å². The van der Waals surface area contributed by atoms with Gasteiger partial charge in [0.2, 0.25) is 0 Å². The summed E-state index contributed by atoms with van der Waals surface area (Å²) in [6.07, 6.45) is 5.08. The SMILES string of the molecule is CCCCCc1ccc(N=S(=O)(Oc2ccc(C(=O)NCCOCCOCCOCCOCCNC)cc2)N2CC[C@H](N(C)C)C2)cc1Cl. The smallest absolute Gasteiger partial charge is 0.283 e. The maximum atomic E-state index is 14.4. The maximum Gasteiger partial charge on any atom is 0.283 e. The third-order valence-electron chi connectivity index (χ3n) is 7.96. The van der Waals surface area contributed by atoms with Crippen LogP contribution < -0.4 is 14.8 Å². The van der Waals surface area contributed by atoms with Crippen LogP contribution in [0.1, 0.15) is 48.5 Å². The van der Waals surface area contributed by atoms with Crippen LogP contribution in [0.3, 0.4) is 0 Å². The first-order valence-corrected chi connectivity index (χ1v) is 19.0. The zero-order valence-electron chi connectivity index (χ0n) is 29.6. The quantitative estimate of drug-likeness (QED) is 0.140. The van der Waals surface area contributed by atoms with E-state index < -0.39 is 10.2 Å². The number of hydrogen-bond acceptors (Lipinski definition) is 10. The lowest BCUT2D eigenvalue weighted by Gasteiger charge is -2.23. The van der Waals surface area contributed by atoms with Crippen LogP contribution in [0.2, 0.25) is 5.02 Å². The minimum atomic E-state index is -3.33. The Morgan fingerprint density at radius 2 is 1.57 bits per heavy atom. The van der Waals surface area contributed by atoms with E-state index in [4.69, 9.17) is 34.7 Å². The van der Waals surface area contributed by atoms with Gasteiger partial charge in [0.15, 0.2) is 0 Å². The summed E-state index contributed by atoms with van der Waals surface area (Å²) in [6.45, 7) is 8.42. The summed E-state index contributed by atoms with van der Waals surface area (Å²) in [6, 6.07) is 12.4. The molecule has 0 aliphatic carbocycles. The van der Waals surface area contributed by atoms with Gasteiger partial charge in [0, 0.05) is 42.8 Å². The van der Waals surface area contributed by atoms with E-state index in [1.165, 1.54) is 0 Å². The summed E-state index contributed by atoms with van der Waals surface area (Å²) < 4.78 is 48.9. The molecule has 14 heteroatoms. The number of likely N-dealkylation sites (N-methyl/N-ethyl adjacent to an activating group) is 2. The molecule has 2 N–H and O–H groups in total. The number of nitrogens with one attached hydrogen (secondary N) is 2. The first-order chi connectivity index (χ1) is 23.8. The fraction of sp³-hybridized carbons (Fsp3) is 0.629. The molecule has 49 heavy (non-hydrogen) atoms. The molecule has 1 heterocycles. The van der Waals surface area contributed by atoms with E-state index in [1.807, 2.05) is 33.3 Å². The van der Waals surface area contributed by atoms with Gasteiger partial charge in [-0.25, -0.2) is 0 Å². The molecular formula is C35H56ClN5O7S. The van der Waals surface area contributed by atoms with E-state index in [0.717, 1.165) is 44.2 Å². The number of hydrogen-bond donors (Lipinski definition) is 2. The monoisotopic (exact) mass is 725 g/mol. The van der Waals surface area contributed by atoms with Crippen LogP contribution in [0.25, 0.3) is 0 Å². The lowest BCUT2D eigenvalue weighted by molar-refractivity contribution is -0.000942. The number of amides is 1. The average molecular weight is 726 g/mol. The topological polar surface area (TPSA) is 123 Å². The van der Waals surface area contributed by atoms with Gasteiger partial charge in [0.25, 0.3) is 16.1 Å². The second kappa shape index (κ2) is 23.2. The molecule has 0 bridgehead atoms. The first kappa shape index (κ1) is 41.1. The molecule has 1 unspecified atom stereocenters. The van der Waals surface area contributed by atoms with Gasteiger partial charge < -0.3 is 38.7 Å². The Labute approximate surface area is 298 Å². The van der Waals surface area contributed by atoms with Gasteiger partial charge in [-0.2, -0.15) is 12.9 Å².